The van der Waals surface area contributed by atoms with Gasteiger partial charge in [-0.15, -0.1) is 0 Å². The fourth-order valence-corrected chi connectivity index (χ4v) is 2.01. The van der Waals surface area contributed by atoms with Gasteiger partial charge in [0.25, 0.3) is 0 Å². The van der Waals surface area contributed by atoms with Crippen LogP contribution in [-0.4, -0.2) is 11.4 Å². The normalized spacial score (nSPS) is 14.2. The predicted molar refractivity (Wildman–Crippen MR) is 75.3 cm³/mol. The van der Waals surface area contributed by atoms with E-state index < -0.39 is 5.54 Å². The number of nitrogens with one attached hydrogen (secondary N) is 1. The summed E-state index contributed by atoms with van der Waals surface area (Å²) in [7, 11) is 0. The molecule has 0 aliphatic rings. The Hall–Kier alpha value is -0.580. The van der Waals surface area contributed by atoms with Gasteiger partial charge < -0.3 is 11.1 Å². The topological polar surface area (TPSA) is 55.1 Å². The molecule has 0 aromatic heterocycles. The van der Waals surface area contributed by atoms with E-state index in [0.717, 1.165) is 10.9 Å². The molecule has 3 nitrogen and oxygen atoms in total. The summed E-state index contributed by atoms with van der Waals surface area (Å²) in [6, 6.07) is 5.21. The SMILES string of the molecule is CCCC(C)(N)C(=O)Nc1cc(Cl)ccc1Br. The Bertz CT molecular complexity index is 421. The van der Waals surface area contributed by atoms with Crippen LogP contribution in [0.4, 0.5) is 5.69 Å². The average Bonchev–Trinajstić information content (AvgIpc) is 2.23. The van der Waals surface area contributed by atoms with Crippen molar-refractivity contribution in [1.82, 2.24) is 0 Å². The molecule has 1 rings (SSSR count). The monoisotopic (exact) mass is 318 g/mol. The lowest BCUT2D eigenvalue weighted by Gasteiger charge is -2.23. The second kappa shape index (κ2) is 5.85. The Balaban J connectivity index is 2.84. The van der Waals surface area contributed by atoms with Crippen LogP contribution in [0.5, 0.6) is 0 Å². The number of nitrogens with two attached hydrogens (primary N) is 1. The van der Waals surface area contributed by atoms with Crippen LogP contribution in [0, 0.1) is 0 Å². The van der Waals surface area contributed by atoms with Gasteiger partial charge >= 0.3 is 0 Å². The molecule has 1 aromatic carbocycles. The van der Waals surface area contributed by atoms with Gasteiger partial charge in [0.15, 0.2) is 0 Å². The molecule has 1 unspecified atom stereocenters. The molecule has 0 fully saturated rings. The van der Waals surface area contributed by atoms with Gasteiger partial charge in [-0.05, 0) is 47.5 Å². The molecule has 3 N–H and O–H groups in total. The minimum absolute atomic E-state index is 0.206. The van der Waals surface area contributed by atoms with Crippen molar-refractivity contribution in [3.05, 3.63) is 27.7 Å². The van der Waals surface area contributed by atoms with E-state index in [1.54, 1.807) is 25.1 Å². The van der Waals surface area contributed by atoms with Crippen molar-refractivity contribution in [3.63, 3.8) is 0 Å². The van der Waals surface area contributed by atoms with Crippen molar-refractivity contribution in [1.29, 1.82) is 0 Å². The second-order valence-corrected chi connectivity index (χ2v) is 5.54. The first-order valence-electron chi connectivity index (χ1n) is 5.42. The van der Waals surface area contributed by atoms with E-state index in [9.17, 15) is 4.79 Å². The van der Waals surface area contributed by atoms with Gasteiger partial charge in [0.05, 0.1) is 11.2 Å². The summed E-state index contributed by atoms with van der Waals surface area (Å²) in [6.45, 7) is 3.72. The van der Waals surface area contributed by atoms with E-state index >= 15 is 0 Å². The lowest BCUT2D eigenvalue weighted by Crippen LogP contribution is -2.48. The van der Waals surface area contributed by atoms with E-state index in [1.165, 1.54) is 0 Å². The molecule has 94 valence electrons. The maximum Gasteiger partial charge on any atom is 0.244 e. The molecule has 17 heavy (non-hydrogen) atoms. The van der Waals surface area contributed by atoms with Crippen molar-refractivity contribution < 1.29 is 4.79 Å². The number of anilines is 1. The third-order valence-electron chi connectivity index (χ3n) is 2.46. The highest BCUT2D eigenvalue weighted by atomic mass is 79.9. The number of benzene rings is 1. The first-order valence-corrected chi connectivity index (χ1v) is 6.59. The Kier molecular flexibility index (Phi) is 4.98. The molecule has 0 bridgehead atoms. The first-order chi connectivity index (χ1) is 7.86. The van der Waals surface area contributed by atoms with Gasteiger partial charge in [0.1, 0.15) is 0 Å². The van der Waals surface area contributed by atoms with Crippen LogP contribution in [0.15, 0.2) is 22.7 Å². The quantitative estimate of drug-likeness (QED) is 0.891. The molecule has 1 aromatic rings. The number of rotatable bonds is 4. The van der Waals surface area contributed by atoms with E-state index in [2.05, 4.69) is 21.2 Å². The van der Waals surface area contributed by atoms with Crippen LogP contribution in [0.3, 0.4) is 0 Å². The van der Waals surface area contributed by atoms with Crippen molar-refractivity contribution in [2.75, 3.05) is 5.32 Å². The average molecular weight is 320 g/mol. The zero-order valence-electron chi connectivity index (χ0n) is 9.89. The first kappa shape index (κ1) is 14.5. The zero-order valence-corrected chi connectivity index (χ0v) is 12.2. The van der Waals surface area contributed by atoms with Crippen molar-refractivity contribution in [3.8, 4) is 0 Å². The van der Waals surface area contributed by atoms with Crippen LogP contribution in [0.2, 0.25) is 5.02 Å². The molecule has 0 spiro atoms. The summed E-state index contributed by atoms with van der Waals surface area (Å²) < 4.78 is 0.780. The van der Waals surface area contributed by atoms with Gasteiger partial charge in [-0.2, -0.15) is 0 Å². The number of hydrogen-bond donors (Lipinski definition) is 2. The van der Waals surface area contributed by atoms with Gasteiger partial charge in [0.2, 0.25) is 5.91 Å². The zero-order chi connectivity index (χ0) is 13.1. The fraction of sp³-hybridized carbons (Fsp3) is 0.417. The molecule has 1 amide bonds. The van der Waals surface area contributed by atoms with Gasteiger partial charge in [-0.3, -0.25) is 4.79 Å². The van der Waals surface area contributed by atoms with E-state index in [-0.39, 0.29) is 5.91 Å². The minimum atomic E-state index is -0.865. The van der Waals surface area contributed by atoms with Crippen LogP contribution < -0.4 is 11.1 Å². The molecular weight excluding hydrogens is 304 g/mol. The Morgan fingerprint density at radius 1 is 1.59 bits per heavy atom. The highest BCUT2D eigenvalue weighted by Crippen LogP contribution is 2.26. The summed E-state index contributed by atoms with van der Waals surface area (Å²) in [5, 5.41) is 3.35. The molecule has 0 aliphatic carbocycles. The highest BCUT2D eigenvalue weighted by molar-refractivity contribution is 9.10. The summed E-state index contributed by atoms with van der Waals surface area (Å²) in [5.74, 6) is -0.206. The molecule has 0 heterocycles. The van der Waals surface area contributed by atoms with E-state index in [4.69, 9.17) is 17.3 Å². The number of carbonyl (C=O) groups excluding carboxylic acids is 1. The number of amides is 1. The molecule has 1 atom stereocenters. The number of halogens is 2. The third kappa shape index (κ3) is 3.98. The minimum Gasteiger partial charge on any atom is -0.323 e. The summed E-state index contributed by atoms with van der Waals surface area (Å²) in [6.07, 6.45) is 1.49. The van der Waals surface area contributed by atoms with Gasteiger partial charge in [-0.1, -0.05) is 24.9 Å². The van der Waals surface area contributed by atoms with Crippen molar-refractivity contribution in [2.45, 2.75) is 32.2 Å². The smallest absolute Gasteiger partial charge is 0.244 e. The summed E-state index contributed by atoms with van der Waals surface area (Å²) in [5.41, 5.74) is 5.72. The van der Waals surface area contributed by atoms with Crippen LogP contribution in [-0.2, 0) is 4.79 Å². The Labute approximate surface area is 115 Å². The lowest BCUT2D eigenvalue weighted by atomic mass is 9.96. The second-order valence-electron chi connectivity index (χ2n) is 4.25. The largest absolute Gasteiger partial charge is 0.323 e. The lowest BCUT2D eigenvalue weighted by molar-refractivity contribution is -0.120. The molecule has 0 aliphatic heterocycles. The van der Waals surface area contributed by atoms with Crippen LogP contribution in [0.25, 0.3) is 0 Å². The highest BCUT2D eigenvalue weighted by Gasteiger charge is 2.27. The maximum atomic E-state index is 12.0. The summed E-state index contributed by atoms with van der Waals surface area (Å²) in [4.78, 5) is 12.0. The van der Waals surface area contributed by atoms with Crippen LogP contribution >= 0.6 is 27.5 Å². The predicted octanol–water partition coefficient (Wildman–Crippen LogP) is 3.56. The third-order valence-corrected chi connectivity index (χ3v) is 3.39. The van der Waals surface area contributed by atoms with Gasteiger partial charge in [-0.25, -0.2) is 0 Å². The standard InChI is InChI=1S/C12H16BrClN2O/c1-3-6-12(2,15)11(17)16-10-7-8(14)4-5-9(10)13/h4-5,7H,3,6,15H2,1-2H3,(H,16,17). The molecule has 0 saturated carbocycles. The Morgan fingerprint density at radius 3 is 2.82 bits per heavy atom. The molecule has 0 radical (unpaired) electrons. The Morgan fingerprint density at radius 2 is 2.24 bits per heavy atom. The summed E-state index contributed by atoms with van der Waals surface area (Å²) >= 11 is 9.22. The van der Waals surface area contributed by atoms with E-state index in [0.29, 0.717) is 17.1 Å². The number of hydrogen-bond acceptors (Lipinski definition) is 2. The molecule has 0 saturated heterocycles. The number of carbonyl (C=O) groups is 1. The van der Waals surface area contributed by atoms with Crippen LogP contribution in [0.1, 0.15) is 26.7 Å². The molecular formula is C12H16BrClN2O. The van der Waals surface area contributed by atoms with Crippen molar-refractivity contribution in [2.24, 2.45) is 5.73 Å². The maximum absolute atomic E-state index is 12.0. The fourth-order valence-electron chi connectivity index (χ4n) is 1.49. The molecule has 5 heteroatoms. The van der Waals surface area contributed by atoms with E-state index in [1.807, 2.05) is 6.92 Å². The van der Waals surface area contributed by atoms with Gasteiger partial charge in [0, 0.05) is 9.50 Å². The van der Waals surface area contributed by atoms with Crippen molar-refractivity contribution >= 4 is 39.1 Å².